The maximum atomic E-state index is 3.04. The monoisotopic (exact) mass is 176 g/mol. The van der Waals surface area contributed by atoms with Crippen LogP contribution < -0.4 is 0 Å². The van der Waals surface area contributed by atoms with Gasteiger partial charge in [-0.2, -0.15) is 0 Å². The molecule has 1 aromatic rings. The van der Waals surface area contributed by atoms with Gasteiger partial charge in [-0.25, -0.2) is 0 Å². The molecule has 0 unspecified atom stereocenters. The molecule has 0 aliphatic heterocycles. The van der Waals surface area contributed by atoms with Gasteiger partial charge in [-0.3, -0.25) is 0 Å². The summed E-state index contributed by atoms with van der Waals surface area (Å²) in [5.41, 5.74) is 1.60. The summed E-state index contributed by atoms with van der Waals surface area (Å²) in [6.45, 7) is 5.60. The Morgan fingerprint density at radius 1 is 1.23 bits per heavy atom. The minimum absolute atomic E-state index is 0.221. The molecule has 0 N–H and O–H groups in total. The highest BCUT2D eigenvalue weighted by Gasteiger charge is 2.20. The second-order valence-electron chi connectivity index (χ2n) is 4.41. The Kier molecular flexibility index (Phi) is 3.10. The molecule has 13 heavy (non-hydrogen) atoms. The molecule has 0 fully saturated rings. The Hall–Kier alpha value is -0.820. The van der Waals surface area contributed by atoms with E-state index in [1.165, 1.54) is 5.56 Å². The van der Waals surface area contributed by atoms with Crippen molar-refractivity contribution >= 4 is 0 Å². The maximum absolute atomic E-state index is 3.04. The largest absolute Gasteiger partial charge is 0.309 e. The topological polar surface area (TPSA) is 3.24 Å². The van der Waals surface area contributed by atoms with Crippen molar-refractivity contribution in [1.29, 1.82) is 0 Å². The van der Waals surface area contributed by atoms with Crippen LogP contribution in [0.3, 0.4) is 0 Å². The van der Waals surface area contributed by atoms with Crippen LogP contribution in [0.1, 0.15) is 19.4 Å². The number of likely N-dealkylation sites (N-methyl/N-ethyl adjacent to an activating group) is 1. The summed E-state index contributed by atoms with van der Waals surface area (Å²) in [4.78, 5) is 2.22. The molecule has 0 aromatic heterocycles. The van der Waals surface area contributed by atoms with Crippen molar-refractivity contribution in [3.05, 3.63) is 35.9 Å². The van der Waals surface area contributed by atoms with E-state index in [2.05, 4.69) is 51.0 Å². The highest BCUT2D eigenvalue weighted by molar-refractivity contribution is 5.23. The second kappa shape index (κ2) is 3.93. The van der Waals surface area contributed by atoms with Crippen molar-refractivity contribution in [2.45, 2.75) is 19.3 Å². The zero-order valence-corrected chi connectivity index (χ0v) is 8.96. The van der Waals surface area contributed by atoms with E-state index in [0.29, 0.717) is 0 Å². The third-order valence-electron chi connectivity index (χ3n) is 2.21. The summed E-state index contributed by atoms with van der Waals surface area (Å²) in [6.07, 6.45) is 0. The fourth-order valence-corrected chi connectivity index (χ4v) is 1.72. The first-order valence-corrected chi connectivity index (χ1v) is 4.64. The standard InChI is InChI=1S/C12H18N/c1-12(2,10-13(3)4)11-8-6-5-7-9-11/h6-9H,10H2,1-4H3. The van der Waals surface area contributed by atoms with Crippen LogP contribution in [0.15, 0.2) is 24.3 Å². The fourth-order valence-electron chi connectivity index (χ4n) is 1.72. The normalized spacial score (nSPS) is 12.1. The number of rotatable bonds is 3. The van der Waals surface area contributed by atoms with Crippen LogP contribution in [0.2, 0.25) is 0 Å². The van der Waals surface area contributed by atoms with Crippen molar-refractivity contribution < 1.29 is 0 Å². The summed E-state index contributed by atoms with van der Waals surface area (Å²) in [7, 11) is 4.22. The molecule has 0 heterocycles. The molecule has 0 amide bonds. The lowest BCUT2D eigenvalue weighted by Gasteiger charge is -2.28. The summed E-state index contributed by atoms with van der Waals surface area (Å²) >= 11 is 0. The Morgan fingerprint density at radius 2 is 1.77 bits per heavy atom. The highest BCUT2D eigenvalue weighted by atomic mass is 15.1. The smallest absolute Gasteiger partial charge is 0.00672 e. The number of benzene rings is 1. The third-order valence-corrected chi connectivity index (χ3v) is 2.21. The molecule has 1 heteroatoms. The molecule has 1 nitrogen and oxygen atoms in total. The summed E-state index contributed by atoms with van der Waals surface area (Å²) in [5, 5.41) is 0. The molecule has 0 aliphatic rings. The van der Waals surface area contributed by atoms with E-state index in [-0.39, 0.29) is 5.41 Å². The quantitative estimate of drug-likeness (QED) is 0.683. The van der Waals surface area contributed by atoms with E-state index in [9.17, 15) is 0 Å². The summed E-state index contributed by atoms with van der Waals surface area (Å²) < 4.78 is 0. The summed E-state index contributed by atoms with van der Waals surface area (Å²) in [6, 6.07) is 11.3. The van der Waals surface area contributed by atoms with Gasteiger partial charge in [-0.1, -0.05) is 38.1 Å². The van der Waals surface area contributed by atoms with E-state index in [1.54, 1.807) is 0 Å². The Labute approximate surface area is 81.4 Å². The lowest BCUT2D eigenvalue weighted by atomic mass is 9.84. The molecule has 0 aliphatic carbocycles. The number of nitrogens with zero attached hydrogens (tertiary/aromatic N) is 1. The molecule has 1 radical (unpaired) electrons. The molecular formula is C12H18N. The van der Waals surface area contributed by atoms with Crippen molar-refractivity contribution in [3.63, 3.8) is 0 Å². The maximum Gasteiger partial charge on any atom is 0.00672 e. The molecule has 1 aromatic carbocycles. The van der Waals surface area contributed by atoms with Gasteiger partial charge in [-0.05, 0) is 25.7 Å². The van der Waals surface area contributed by atoms with Crippen LogP contribution in [0.4, 0.5) is 0 Å². The first-order valence-electron chi connectivity index (χ1n) is 4.64. The average molecular weight is 176 g/mol. The minimum atomic E-state index is 0.221. The van der Waals surface area contributed by atoms with Crippen molar-refractivity contribution in [3.8, 4) is 0 Å². The van der Waals surface area contributed by atoms with E-state index < -0.39 is 0 Å². The van der Waals surface area contributed by atoms with E-state index in [4.69, 9.17) is 0 Å². The van der Waals surface area contributed by atoms with E-state index in [0.717, 1.165) is 6.54 Å². The molecule has 1 rings (SSSR count). The van der Waals surface area contributed by atoms with Gasteiger partial charge in [0.25, 0.3) is 0 Å². The van der Waals surface area contributed by atoms with Gasteiger partial charge in [0.1, 0.15) is 0 Å². The lowest BCUT2D eigenvalue weighted by Crippen LogP contribution is -2.32. The molecule has 0 spiro atoms. The predicted molar refractivity (Wildman–Crippen MR) is 56.9 cm³/mol. The van der Waals surface area contributed by atoms with Gasteiger partial charge in [0.2, 0.25) is 0 Å². The van der Waals surface area contributed by atoms with Gasteiger partial charge >= 0.3 is 0 Å². The molecule has 0 atom stereocenters. The van der Waals surface area contributed by atoms with Crippen molar-refractivity contribution in [2.24, 2.45) is 0 Å². The van der Waals surface area contributed by atoms with Crippen molar-refractivity contribution in [1.82, 2.24) is 4.90 Å². The number of hydrogen-bond acceptors (Lipinski definition) is 1. The zero-order chi connectivity index (χ0) is 9.90. The van der Waals surface area contributed by atoms with Gasteiger partial charge in [0.05, 0.1) is 0 Å². The Balaban J connectivity index is 2.81. The van der Waals surface area contributed by atoms with Crippen LogP contribution in [-0.4, -0.2) is 25.5 Å². The highest BCUT2D eigenvalue weighted by Crippen LogP contribution is 2.22. The Morgan fingerprint density at radius 3 is 2.23 bits per heavy atom. The lowest BCUT2D eigenvalue weighted by molar-refractivity contribution is 0.315. The first kappa shape index (κ1) is 10.3. The van der Waals surface area contributed by atoms with Crippen LogP contribution in [0.5, 0.6) is 0 Å². The van der Waals surface area contributed by atoms with Crippen molar-refractivity contribution in [2.75, 3.05) is 20.6 Å². The van der Waals surface area contributed by atoms with Gasteiger partial charge in [0.15, 0.2) is 0 Å². The SMILES string of the molecule is CN(C)CC(C)(C)c1cc[c]cc1. The van der Waals surface area contributed by atoms with Crippen LogP contribution in [0.25, 0.3) is 0 Å². The minimum Gasteiger partial charge on any atom is -0.309 e. The van der Waals surface area contributed by atoms with Crippen LogP contribution in [0, 0.1) is 6.07 Å². The average Bonchev–Trinajstić information content (AvgIpc) is 2.04. The Bertz CT molecular complexity index is 249. The third kappa shape index (κ3) is 2.85. The molecular weight excluding hydrogens is 158 g/mol. The molecule has 0 saturated heterocycles. The van der Waals surface area contributed by atoms with E-state index >= 15 is 0 Å². The van der Waals surface area contributed by atoms with Crippen LogP contribution in [-0.2, 0) is 5.41 Å². The van der Waals surface area contributed by atoms with Gasteiger partial charge in [0, 0.05) is 12.0 Å². The van der Waals surface area contributed by atoms with Gasteiger partial charge < -0.3 is 4.90 Å². The first-order chi connectivity index (χ1) is 6.02. The predicted octanol–water partition coefficient (Wildman–Crippen LogP) is 2.33. The van der Waals surface area contributed by atoms with Crippen LogP contribution >= 0.6 is 0 Å². The molecule has 71 valence electrons. The molecule has 0 bridgehead atoms. The fraction of sp³-hybridized carbons (Fsp3) is 0.500. The zero-order valence-electron chi connectivity index (χ0n) is 8.96. The van der Waals surface area contributed by atoms with Gasteiger partial charge in [-0.15, -0.1) is 0 Å². The number of hydrogen-bond donors (Lipinski definition) is 0. The van der Waals surface area contributed by atoms with E-state index in [1.807, 2.05) is 12.1 Å². The second-order valence-corrected chi connectivity index (χ2v) is 4.41. The molecule has 0 saturated carbocycles. The summed E-state index contributed by atoms with van der Waals surface area (Å²) in [5.74, 6) is 0.